The van der Waals surface area contributed by atoms with Crippen LogP contribution in [-0.4, -0.2) is 25.5 Å². The van der Waals surface area contributed by atoms with Gasteiger partial charge in [-0.2, -0.15) is 13.2 Å². The minimum atomic E-state index is -4.68. The Bertz CT molecular complexity index is 854. The summed E-state index contributed by atoms with van der Waals surface area (Å²) in [7, 11) is 0. The number of halogens is 3. The Morgan fingerprint density at radius 3 is 2.32 bits per heavy atom. The van der Waals surface area contributed by atoms with Crippen molar-refractivity contribution in [3.8, 4) is 11.5 Å². The van der Waals surface area contributed by atoms with Gasteiger partial charge in [-0.05, 0) is 32.0 Å². The number of alkyl halides is 3. The molecule has 0 fully saturated rings. The van der Waals surface area contributed by atoms with Crippen molar-refractivity contribution in [1.82, 2.24) is 0 Å². The maximum Gasteiger partial charge on any atom is 0.420 e. The largest absolute Gasteiger partial charge is 0.493 e. The van der Waals surface area contributed by atoms with Crippen molar-refractivity contribution >= 4 is 23.7 Å². The highest BCUT2D eigenvalue weighted by Gasteiger charge is 2.36. The van der Waals surface area contributed by atoms with Crippen molar-refractivity contribution in [3.63, 3.8) is 0 Å². The summed E-state index contributed by atoms with van der Waals surface area (Å²) in [6.07, 6.45) is -4.07. The van der Waals surface area contributed by atoms with E-state index in [1.165, 1.54) is 12.1 Å². The average molecular weight is 396 g/mol. The predicted octanol–water partition coefficient (Wildman–Crippen LogP) is 4.96. The van der Waals surface area contributed by atoms with E-state index >= 15 is 0 Å². The van der Waals surface area contributed by atoms with E-state index in [1.807, 2.05) is 0 Å². The lowest BCUT2D eigenvalue weighted by atomic mass is 10.1. The number of benzene rings is 2. The third-order valence-corrected chi connectivity index (χ3v) is 3.52. The lowest BCUT2D eigenvalue weighted by Crippen LogP contribution is -2.21. The van der Waals surface area contributed by atoms with Gasteiger partial charge in [0, 0.05) is 17.3 Å². The lowest BCUT2D eigenvalue weighted by Gasteiger charge is -2.18. The van der Waals surface area contributed by atoms with Gasteiger partial charge in [-0.3, -0.25) is 4.79 Å². The molecule has 0 aliphatic rings. The highest BCUT2D eigenvalue weighted by atomic mass is 19.4. The summed E-state index contributed by atoms with van der Waals surface area (Å²) in [5, 5.41) is 4.80. The first-order valence-electron chi connectivity index (χ1n) is 8.42. The summed E-state index contributed by atoms with van der Waals surface area (Å²) in [4.78, 5) is 23.0. The minimum Gasteiger partial charge on any atom is -0.493 e. The Morgan fingerprint density at radius 1 is 1.04 bits per heavy atom. The summed E-state index contributed by atoms with van der Waals surface area (Å²) >= 11 is 0. The minimum absolute atomic E-state index is 0.0367. The molecule has 0 saturated carbocycles. The van der Waals surface area contributed by atoms with E-state index in [4.69, 9.17) is 9.47 Å². The van der Waals surface area contributed by atoms with Gasteiger partial charge in [0.1, 0.15) is 17.8 Å². The molecule has 0 bridgehead atoms. The molecule has 6 nitrogen and oxygen atoms in total. The first-order chi connectivity index (χ1) is 13.3. The first-order valence-corrected chi connectivity index (χ1v) is 8.42. The number of anilines is 2. The van der Waals surface area contributed by atoms with E-state index in [2.05, 4.69) is 10.6 Å². The summed E-state index contributed by atoms with van der Waals surface area (Å²) in [5.41, 5.74) is -0.548. The van der Waals surface area contributed by atoms with Crippen LogP contribution in [0.25, 0.3) is 0 Å². The summed E-state index contributed by atoms with van der Waals surface area (Å²) < 4.78 is 50.5. The molecule has 0 saturated heterocycles. The number of rotatable bonds is 7. The smallest absolute Gasteiger partial charge is 0.420 e. The van der Waals surface area contributed by atoms with Gasteiger partial charge in [-0.25, -0.2) is 4.79 Å². The Balaban J connectivity index is 2.33. The zero-order valence-corrected chi connectivity index (χ0v) is 15.2. The molecule has 2 aromatic rings. The standard InChI is InChI=1S/C19H19F3N2O4/c1-3-27-16-10-17(28-4-2)15(9-14(16)19(20,21)22)24-18(26)23-13-7-5-6-12(8-13)11-25/h5-11H,3-4H2,1-2H3,(H2,23,24,26). The molecule has 2 amide bonds. The molecule has 28 heavy (non-hydrogen) atoms. The number of hydrogen-bond acceptors (Lipinski definition) is 4. The molecule has 150 valence electrons. The molecule has 9 heteroatoms. The van der Waals surface area contributed by atoms with Crippen LogP contribution in [0.5, 0.6) is 11.5 Å². The number of amides is 2. The van der Waals surface area contributed by atoms with Gasteiger partial charge < -0.3 is 20.1 Å². The zero-order chi connectivity index (χ0) is 20.7. The lowest BCUT2D eigenvalue weighted by molar-refractivity contribution is -0.138. The van der Waals surface area contributed by atoms with Crippen LogP contribution < -0.4 is 20.1 Å². The molecule has 0 heterocycles. The Labute approximate surface area is 159 Å². The Morgan fingerprint density at radius 2 is 1.71 bits per heavy atom. The fourth-order valence-corrected chi connectivity index (χ4v) is 2.40. The zero-order valence-electron chi connectivity index (χ0n) is 15.2. The number of nitrogens with one attached hydrogen (secondary N) is 2. The molecular weight excluding hydrogens is 377 g/mol. The second kappa shape index (κ2) is 9.12. The highest BCUT2D eigenvalue weighted by molar-refractivity contribution is 6.01. The second-order valence-electron chi connectivity index (χ2n) is 5.53. The first kappa shape index (κ1) is 21.1. The third-order valence-electron chi connectivity index (χ3n) is 3.52. The predicted molar refractivity (Wildman–Crippen MR) is 98.3 cm³/mol. The van der Waals surface area contributed by atoms with E-state index in [0.29, 0.717) is 17.5 Å². The van der Waals surface area contributed by atoms with E-state index in [0.717, 1.165) is 12.1 Å². The monoisotopic (exact) mass is 396 g/mol. The Kier molecular flexibility index (Phi) is 6.86. The van der Waals surface area contributed by atoms with Gasteiger partial charge in [0.25, 0.3) is 0 Å². The van der Waals surface area contributed by atoms with Crippen LogP contribution in [0.1, 0.15) is 29.8 Å². The topological polar surface area (TPSA) is 76.7 Å². The van der Waals surface area contributed by atoms with Crippen LogP contribution in [0.2, 0.25) is 0 Å². The molecule has 2 rings (SSSR count). The summed E-state index contributed by atoms with van der Waals surface area (Å²) in [6.45, 7) is 3.43. The molecular formula is C19H19F3N2O4. The van der Waals surface area contributed by atoms with E-state index in [9.17, 15) is 22.8 Å². The highest BCUT2D eigenvalue weighted by Crippen LogP contribution is 2.42. The van der Waals surface area contributed by atoms with Crippen molar-refractivity contribution in [2.75, 3.05) is 23.8 Å². The third kappa shape index (κ3) is 5.38. The van der Waals surface area contributed by atoms with Gasteiger partial charge in [0.2, 0.25) is 0 Å². The quantitative estimate of drug-likeness (QED) is 0.649. The maximum absolute atomic E-state index is 13.4. The molecule has 0 aliphatic carbocycles. The molecule has 2 N–H and O–H groups in total. The van der Waals surface area contributed by atoms with Gasteiger partial charge in [-0.15, -0.1) is 0 Å². The number of ether oxygens (including phenoxy) is 2. The molecule has 0 radical (unpaired) electrons. The van der Waals surface area contributed by atoms with Gasteiger partial charge in [0.15, 0.2) is 0 Å². The van der Waals surface area contributed by atoms with E-state index in [1.54, 1.807) is 26.0 Å². The SMILES string of the molecule is CCOc1cc(OCC)c(C(F)(F)F)cc1NC(=O)Nc1cccc(C=O)c1. The molecule has 0 unspecified atom stereocenters. The van der Waals surface area contributed by atoms with Gasteiger partial charge >= 0.3 is 12.2 Å². The molecule has 0 aromatic heterocycles. The van der Waals surface area contributed by atoms with Crippen LogP contribution in [0.15, 0.2) is 36.4 Å². The maximum atomic E-state index is 13.4. The van der Waals surface area contributed by atoms with Gasteiger partial charge in [-0.1, -0.05) is 12.1 Å². The van der Waals surface area contributed by atoms with Gasteiger partial charge in [0.05, 0.1) is 24.5 Å². The molecule has 0 spiro atoms. The average Bonchev–Trinajstić information content (AvgIpc) is 2.63. The number of carbonyl (C=O) groups excluding carboxylic acids is 2. The van der Waals surface area contributed by atoms with E-state index < -0.39 is 17.8 Å². The van der Waals surface area contributed by atoms with Crippen molar-refractivity contribution < 1.29 is 32.2 Å². The summed E-state index contributed by atoms with van der Waals surface area (Å²) in [5.74, 6) is -0.348. The van der Waals surface area contributed by atoms with Crippen molar-refractivity contribution in [1.29, 1.82) is 0 Å². The molecule has 0 aliphatic heterocycles. The van der Waals surface area contributed by atoms with Crippen LogP contribution in [0, 0.1) is 0 Å². The second-order valence-corrected chi connectivity index (χ2v) is 5.53. The van der Waals surface area contributed by atoms with Crippen molar-refractivity contribution in [2.45, 2.75) is 20.0 Å². The number of urea groups is 1. The fourth-order valence-electron chi connectivity index (χ4n) is 2.40. The van der Waals surface area contributed by atoms with Crippen molar-refractivity contribution in [3.05, 3.63) is 47.5 Å². The number of aldehydes is 1. The fraction of sp³-hybridized carbons (Fsp3) is 0.263. The number of hydrogen-bond donors (Lipinski definition) is 2. The number of carbonyl (C=O) groups is 2. The molecule has 0 atom stereocenters. The normalized spacial score (nSPS) is 10.9. The molecule has 2 aromatic carbocycles. The summed E-state index contributed by atoms with van der Waals surface area (Å²) in [6, 6.07) is 7.14. The van der Waals surface area contributed by atoms with Crippen LogP contribution in [0.3, 0.4) is 0 Å². The van der Waals surface area contributed by atoms with Crippen molar-refractivity contribution in [2.24, 2.45) is 0 Å². The van der Waals surface area contributed by atoms with Crippen LogP contribution >= 0.6 is 0 Å². The van der Waals surface area contributed by atoms with Crippen LogP contribution in [-0.2, 0) is 6.18 Å². The van der Waals surface area contributed by atoms with E-state index in [-0.39, 0.29) is 30.4 Å². The van der Waals surface area contributed by atoms with Crippen LogP contribution in [0.4, 0.5) is 29.3 Å². The Hall–Kier alpha value is -3.23.